The first-order valence-electron chi connectivity index (χ1n) is 7.84. The summed E-state index contributed by atoms with van der Waals surface area (Å²) in [6.07, 6.45) is 7.72. The van der Waals surface area contributed by atoms with Gasteiger partial charge in [-0.2, -0.15) is 0 Å². The van der Waals surface area contributed by atoms with Crippen molar-refractivity contribution in [3.63, 3.8) is 0 Å². The first-order chi connectivity index (χ1) is 9.86. The second-order valence-electron chi connectivity index (χ2n) is 5.89. The molecule has 0 spiro atoms. The van der Waals surface area contributed by atoms with E-state index in [2.05, 4.69) is 28.2 Å². The van der Waals surface area contributed by atoms with E-state index in [9.17, 15) is 0 Å². The normalized spacial score (nSPS) is 28.2. The van der Waals surface area contributed by atoms with Gasteiger partial charge in [-0.1, -0.05) is 13.0 Å². The van der Waals surface area contributed by atoms with E-state index in [-0.39, 0.29) is 0 Å². The molecule has 4 nitrogen and oxygen atoms in total. The highest BCUT2D eigenvalue weighted by atomic mass is 16.5. The predicted octanol–water partition coefficient (Wildman–Crippen LogP) is 1.47. The molecule has 2 aliphatic heterocycles. The smallest absolute Gasteiger partial charge is 0.0858 e. The summed E-state index contributed by atoms with van der Waals surface area (Å²) in [5, 5.41) is 3.60. The quantitative estimate of drug-likeness (QED) is 0.883. The van der Waals surface area contributed by atoms with Gasteiger partial charge in [0.15, 0.2) is 0 Å². The fraction of sp³-hybridized carbons (Fsp3) is 0.688. The highest BCUT2D eigenvalue weighted by Crippen LogP contribution is 2.24. The average Bonchev–Trinajstić information content (AvgIpc) is 2.95. The van der Waals surface area contributed by atoms with Crippen LogP contribution in [-0.4, -0.2) is 54.3 Å². The summed E-state index contributed by atoms with van der Waals surface area (Å²) in [6, 6.07) is 5.22. The van der Waals surface area contributed by atoms with E-state index in [0.717, 1.165) is 26.1 Å². The topological polar surface area (TPSA) is 37.4 Å². The number of nitrogens with zero attached hydrogens (tertiary/aromatic N) is 2. The standard InChI is InChI=1S/C16H25N3O/c1-2-18-15(9-13-5-3-7-17-10-13)16-11-19-8-4-6-14(19)12-20-16/h3,5,7,10,14-16,18H,2,4,6,8-9,11-12H2,1H3. The molecule has 1 aromatic rings. The van der Waals surface area contributed by atoms with Crippen LogP contribution in [0.5, 0.6) is 0 Å². The molecule has 3 unspecified atom stereocenters. The van der Waals surface area contributed by atoms with Crippen LogP contribution in [0.15, 0.2) is 24.5 Å². The van der Waals surface area contributed by atoms with Crippen molar-refractivity contribution >= 4 is 0 Å². The molecule has 1 N–H and O–H groups in total. The summed E-state index contributed by atoms with van der Waals surface area (Å²) in [6.45, 7) is 6.37. The first kappa shape index (κ1) is 14.0. The maximum atomic E-state index is 6.15. The molecule has 110 valence electrons. The van der Waals surface area contributed by atoms with Crippen LogP contribution in [0.3, 0.4) is 0 Å². The van der Waals surface area contributed by atoms with Gasteiger partial charge in [-0.05, 0) is 44.0 Å². The minimum absolute atomic E-state index is 0.296. The van der Waals surface area contributed by atoms with Gasteiger partial charge in [-0.3, -0.25) is 9.88 Å². The Morgan fingerprint density at radius 2 is 2.50 bits per heavy atom. The Bertz CT molecular complexity index is 411. The van der Waals surface area contributed by atoms with Crippen molar-refractivity contribution in [3.8, 4) is 0 Å². The molecule has 3 rings (SSSR count). The highest BCUT2D eigenvalue weighted by Gasteiger charge is 2.35. The highest BCUT2D eigenvalue weighted by molar-refractivity contribution is 5.11. The van der Waals surface area contributed by atoms with Gasteiger partial charge >= 0.3 is 0 Å². The largest absolute Gasteiger partial charge is 0.374 e. The summed E-state index contributed by atoms with van der Waals surface area (Å²) >= 11 is 0. The fourth-order valence-electron chi connectivity index (χ4n) is 3.46. The predicted molar refractivity (Wildman–Crippen MR) is 79.7 cm³/mol. The Hall–Kier alpha value is -0.970. The van der Waals surface area contributed by atoms with Crippen LogP contribution in [0.4, 0.5) is 0 Å². The summed E-state index contributed by atoms with van der Waals surface area (Å²) in [4.78, 5) is 6.83. The summed E-state index contributed by atoms with van der Waals surface area (Å²) in [5.41, 5.74) is 1.28. The molecule has 0 aromatic carbocycles. The van der Waals surface area contributed by atoms with E-state index in [1.807, 2.05) is 18.5 Å². The summed E-state index contributed by atoms with van der Waals surface area (Å²) < 4.78 is 6.15. The number of morpholine rings is 1. The molecule has 0 bridgehead atoms. The van der Waals surface area contributed by atoms with Crippen molar-refractivity contribution in [1.82, 2.24) is 15.2 Å². The van der Waals surface area contributed by atoms with Crippen molar-refractivity contribution in [3.05, 3.63) is 30.1 Å². The van der Waals surface area contributed by atoms with Gasteiger partial charge in [-0.25, -0.2) is 0 Å². The number of likely N-dealkylation sites (N-methyl/N-ethyl adjacent to an activating group) is 1. The van der Waals surface area contributed by atoms with Crippen LogP contribution in [0, 0.1) is 0 Å². The number of nitrogens with one attached hydrogen (secondary N) is 1. The van der Waals surface area contributed by atoms with Crippen LogP contribution in [0.2, 0.25) is 0 Å². The van der Waals surface area contributed by atoms with Crippen LogP contribution in [-0.2, 0) is 11.2 Å². The molecule has 0 radical (unpaired) electrons. The number of pyridine rings is 1. The van der Waals surface area contributed by atoms with Gasteiger partial charge in [0.2, 0.25) is 0 Å². The average molecular weight is 275 g/mol. The van der Waals surface area contributed by atoms with Gasteiger partial charge in [0.25, 0.3) is 0 Å². The molecule has 0 amide bonds. The summed E-state index contributed by atoms with van der Waals surface area (Å²) in [7, 11) is 0. The van der Waals surface area contributed by atoms with Crippen LogP contribution >= 0.6 is 0 Å². The zero-order valence-electron chi connectivity index (χ0n) is 12.3. The minimum atomic E-state index is 0.296. The van der Waals surface area contributed by atoms with Crippen molar-refractivity contribution in [2.24, 2.45) is 0 Å². The molecule has 3 heterocycles. The summed E-state index contributed by atoms with van der Waals surface area (Å²) in [5.74, 6) is 0. The first-order valence-corrected chi connectivity index (χ1v) is 7.84. The maximum absolute atomic E-state index is 6.15. The zero-order chi connectivity index (χ0) is 13.8. The Labute approximate surface area is 121 Å². The van der Waals surface area contributed by atoms with E-state index >= 15 is 0 Å². The van der Waals surface area contributed by atoms with Crippen molar-refractivity contribution in [2.45, 2.75) is 44.4 Å². The number of rotatable bonds is 5. The number of hydrogen-bond acceptors (Lipinski definition) is 4. The van der Waals surface area contributed by atoms with E-state index in [4.69, 9.17) is 4.74 Å². The molecular weight excluding hydrogens is 250 g/mol. The molecule has 4 heteroatoms. The molecule has 20 heavy (non-hydrogen) atoms. The van der Waals surface area contributed by atoms with Gasteiger partial charge in [0.1, 0.15) is 0 Å². The van der Waals surface area contributed by atoms with E-state index in [1.165, 1.54) is 24.9 Å². The van der Waals surface area contributed by atoms with E-state index < -0.39 is 0 Å². The minimum Gasteiger partial charge on any atom is -0.374 e. The third-order valence-corrected chi connectivity index (χ3v) is 4.51. The lowest BCUT2D eigenvalue weighted by Gasteiger charge is -2.39. The van der Waals surface area contributed by atoms with Crippen LogP contribution in [0.25, 0.3) is 0 Å². The second-order valence-corrected chi connectivity index (χ2v) is 5.89. The molecule has 1 aromatic heterocycles. The van der Waals surface area contributed by atoms with E-state index in [1.54, 1.807) is 0 Å². The van der Waals surface area contributed by atoms with Gasteiger partial charge in [-0.15, -0.1) is 0 Å². The molecule has 3 atom stereocenters. The monoisotopic (exact) mass is 275 g/mol. The fourth-order valence-corrected chi connectivity index (χ4v) is 3.46. The Morgan fingerprint density at radius 1 is 1.55 bits per heavy atom. The van der Waals surface area contributed by atoms with Crippen molar-refractivity contribution in [2.75, 3.05) is 26.2 Å². The molecule has 0 aliphatic carbocycles. The van der Waals surface area contributed by atoms with Crippen molar-refractivity contribution in [1.29, 1.82) is 0 Å². The Morgan fingerprint density at radius 3 is 3.30 bits per heavy atom. The SMILES string of the molecule is CCNC(Cc1cccnc1)C1CN2CCCC2CO1. The molecular formula is C16H25N3O. The third kappa shape index (κ3) is 3.19. The number of aromatic nitrogens is 1. The molecule has 2 aliphatic rings. The van der Waals surface area contributed by atoms with Crippen LogP contribution < -0.4 is 5.32 Å². The van der Waals surface area contributed by atoms with E-state index in [0.29, 0.717) is 18.2 Å². The third-order valence-electron chi connectivity index (χ3n) is 4.51. The lowest BCUT2D eigenvalue weighted by molar-refractivity contribution is -0.0641. The number of hydrogen-bond donors (Lipinski definition) is 1. The molecule has 2 saturated heterocycles. The molecule has 0 saturated carbocycles. The maximum Gasteiger partial charge on any atom is 0.0858 e. The lowest BCUT2D eigenvalue weighted by atomic mass is 10.0. The molecule has 2 fully saturated rings. The van der Waals surface area contributed by atoms with Gasteiger partial charge in [0, 0.05) is 31.0 Å². The number of fused-ring (bicyclic) bond motifs is 1. The lowest BCUT2D eigenvalue weighted by Crippen LogP contribution is -2.54. The number of ether oxygens (including phenoxy) is 1. The Balaban J connectivity index is 1.64. The Kier molecular flexibility index (Phi) is 4.65. The van der Waals surface area contributed by atoms with Crippen LogP contribution in [0.1, 0.15) is 25.3 Å². The van der Waals surface area contributed by atoms with Crippen molar-refractivity contribution < 1.29 is 4.74 Å². The zero-order valence-corrected chi connectivity index (χ0v) is 12.3. The second kappa shape index (κ2) is 6.66. The van der Waals surface area contributed by atoms with Gasteiger partial charge < -0.3 is 10.1 Å². The van der Waals surface area contributed by atoms with Gasteiger partial charge in [0.05, 0.1) is 12.7 Å².